The zero-order chi connectivity index (χ0) is 23.3. The van der Waals surface area contributed by atoms with Crippen molar-refractivity contribution in [2.45, 2.75) is 39.7 Å². The van der Waals surface area contributed by atoms with Crippen LogP contribution in [0.3, 0.4) is 0 Å². The molecule has 1 unspecified atom stereocenters. The van der Waals surface area contributed by atoms with Gasteiger partial charge in [-0.2, -0.15) is 5.26 Å². The van der Waals surface area contributed by atoms with Crippen molar-refractivity contribution in [2.24, 2.45) is 0 Å². The van der Waals surface area contributed by atoms with Gasteiger partial charge in [-0.3, -0.25) is 4.79 Å². The molecule has 1 amide bonds. The second-order valence-corrected chi connectivity index (χ2v) is 8.13. The number of amides is 1. The van der Waals surface area contributed by atoms with Crippen molar-refractivity contribution in [3.8, 4) is 11.8 Å². The van der Waals surface area contributed by atoms with E-state index in [0.29, 0.717) is 16.9 Å². The fourth-order valence-electron chi connectivity index (χ4n) is 3.28. The third kappa shape index (κ3) is 8.10. The first-order valence-electron chi connectivity index (χ1n) is 11.0. The zero-order valence-corrected chi connectivity index (χ0v) is 20.6. The van der Waals surface area contributed by atoms with Gasteiger partial charge in [0.1, 0.15) is 28.6 Å². The second kappa shape index (κ2) is 13.7. The molecular formula is C25H31BrN4O2. The van der Waals surface area contributed by atoms with Gasteiger partial charge in [-0.1, -0.05) is 45.4 Å². The Morgan fingerprint density at radius 3 is 2.53 bits per heavy atom. The SMILES string of the molecule is CCCC(NC(=O)C(C#N)=Cc1cccc(Br)n1)c1ccc(OCCN(CC)CC)cc1. The van der Waals surface area contributed by atoms with Crippen LogP contribution in [0, 0.1) is 11.3 Å². The molecule has 1 N–H and O–H groups in total. The lowest BCUT2D eigenvalue weighted by molar-refractivity contribution is -0.117. The van der Waals surface area contributed by atoms with Gasteiger partial charge in [-0.05, 0) is 71.3 Å². The first-order chi connectivity index (χ1) is 15.5. The molecule has 0 saturated carbocycles. The molecule has 7 heteroatoms. The zero-order valence-electron chi connectivity index (χ0n) is 19.0. The van der Waals surface area contributed by atoms with E-state index in [1.165, 1.54) is 6.08 Å². The summed E-state index contributed by atoms with van der Waals surface area (Å²) >= 11 is 3.30. The Bertz CT molecular complexity index is 934. The number of nitriles is 1. The van der Waals surface area contributed by atoms with Crippen LogP contribution in [-0.2, 0) is 4.79 Å². The minimum atomic E-state index is -0.410. The van der Waals surface area contributed by atoms with E-state index in [4.69, 9.17) is 4.74 Å². The predicted octanol–water partition coefficient (Wildman–Crippen LogP) is 5.13. The summed E-state index contributed by atoms with van der Waals surface area (Å²) in [7, 11) is 0. The lowest BCUT2D eigenvalue weighted by atomic mass is 10.0. The third-order valence-corrected chi connectivity index (χ3v) is 5.57. The molecule has 1 heterocycles. The number of pyridine rings is 1. The topological polar surface area (TPSA) is 78.2 Å². The van der Waals surface area contributed by atoms with Gasteiger partial charge < -0.3 is 15.0 Å². The minimum Gasteiger partial charge on any atom is -0.492 e. The average molecular weight is 499 g/mol. The van der Waals surface area contributed by atoms with Gasteiger partial charge in [0.15, 0.2) is 0 Å². The summed E-state index contributed by atoms with van der Waals surface area (Å²) in [6.07, 6.45) is 3.16. The molecule has 0 radical (unpaired) electrons. The Kier molecular flexibility index (Phi) is 10.9. The van der Waals surface area contributed by atoms with E-state index < -0.39 is 5.91 Å². The van der Waals surface area contributed by atoms with Gasteiger partial charge in [0.05, 0.1) is 11.7 Å². The normalized spacial score (nSPS) is 12.3. The molecule has 0 bridgehead atoms. The van der Waals surface area contributed by atoms with E-state index >= 15 is 0 Å². The fourth-order valence-corrected chi connectivity index (χ4v) is 3.63. The third-order valence-electron chi connectivity index (χ3n) is 5.13. The van der Waals surface area contributed by atoms with Crippen molar-refractivity contribution >= 4 is 27.9 Å². The van der Waals surface area contributed by atoms with Gasteiger partial charge in [0.2, 0.25) is 0 Å². The Morgan fingerprint density at radius 1 is 1.22 bits per heavy atom. The highest BCUT2D eigenvalue weighted by atomic mass is 79.9. The summed E-state index contributed by atoms with van der Waals surface area (Å²) in [5, 5.41) is 12.5. The summed E-state index contributed by atoms with van der Waals surface area (Å²) in [5.41, 5.74) is 1.55. The highest BCUT2D eigenvalue weighted by Crippen LogP contribution is 2.22. The molecule has 0 fully saturated rings. The number of carbonyl (C=O) groups excluding carboxylic acids is 1. The number of hydrogen-bond donors (Lipinski definition) is 1. The molecule has 1 atom stereocenters. The van der Waals surface area contributed by atoms with E-state index in [2.05, 4.69) is 51.9 Å². The number of nitrogens with one attached hydrogen (secondary N) is 1. The maximum Gasteiger partial charge on any atom is 0.262 e. The maximum absolute atomic E-state index is 12.8. The number of carbonyl (C=O) groups is 1. The molecule has 2 rings (SSSR count). The Morgan fingerprint density at radius 2 is 1.94 bits per heavy atom. The minimum absolute atomic E-state index is 0.0214. The van der Waals surface area contributed by atoms with Crippen molar-refractivity contribution in [3.05, 3.63) is 63.9 Å². The van der Waals surface area contributed by atoms with Gasteiger partial charge in [0, 0.05) is 6.54 Å². The molecule has 0 spiro atoms. The number of likely N-dealkylation sites (N-methyl/N-ethyl adjacent to an activating group) is 1. The van der Waals surface area contributed by atoms with Crippen LogP contribution in [0.15, 0.2) is 52.6 Å². The Hall–Kier alpha value is -2.69. The highest BCUT2D eigenvalue weighted by Gasteiger charge is 2.17. The van der Waals surface area contributed by atoms with E-state index in [0.717, 1.165) is 43.8 Å². The number of halogens is 1. The number of ether oxygens (including phenoxy) is 1. The van der Waals surface area contributed by atoms with Crippen LogP contribution in [-0.4, -0.2) is 42.0 Å². The molecule has 0 aliphatic rings. The number of nitrogens with zero attached hydrogens (tertiary/aromatic N) is 3. The molecule has 170 valence electrons. The van der Waals surface area contributed by atoms with Gasteiger partial charge in [-0.15, -0.1) is 0 Å². The smallest absolute Gasteiger partial charge is 0.262 e. The van der Waals surface area contributed by atoms with E-state index in [1.807, 2.05) is 30.3 Å². The lowest BCUT2D eigenvalue weighted by Crippen LogP contribution is -2.29. The van der Waals surface area contributed by atoms with Crippen LogP contribution in [0.5, 0.6) is 5.75 Å². The van der Waals surface area contributed by atoms with E-state index in [9.17, 15) is 10.1 Å². The number of aromatic nitrogens is 1. The molecule has 1 aromatic carbocycles. The van der Waals surface area contributed by atoms with Gasteiger partial charge in [-0.25, -0.2) is 4.98 Å². The summed E-state index contributed by atoms with van der Waals surface area (Å²) in [5.74, 6) is 0.396. The van der Waals surface area contributed by atoms with E-state index in [-0.39, 0.29) is 11.6 Å². The largest absolute Gasteiger partial charge is 0.492 e. The predicted molar refractivity (Wildman–Crippen MR) is 131 cm³/mol. The molecular weight excluding hydrogens is 468 g/mol. The molecule has 0 saturated heterocycles. The van der Waals surface area contributed by atoms with Crippen LogP contribution >= 0.6 is 15.9 Å². The molecule has 2 aromatic rings. The summed E-state index contributed by atoms with van der Waals surface area (Å²) in [6.45, 7) is 9.89. The summed E-state index contributed by atoms with van der Waals surface area (Å²) < 4.78 is 6.50. The van der Waals surface area contributed by atoms with Crippen molar-refractivity contribution in [3.63, 3.8) is 0 Å². The van der Waals surface area contributed by atoms with Crippen molar-refractivity contribution in [2.75, 3.05) is 26.2 Å². The quantitative estimate of drug-likeness (QED) is 0.249. The number of benzene rings is 1. The summed E-state index contributed by atoms with van der Waals surface area (Å²) in [6, 6.07) is 14.9. The molecule has 1 aromatic heterocycles. The molecule has 0 aliphatic heterocycles. The summed E-state index contributed by atoms with van der Waals surface area (Å²) in [4.78, 5) is 19.4. The lowest BCUT2D eigenvalue weighted by Gasteiger charge is -2.20. The van der Waals surface area contributed by atoms with Crippen molar-refractivity contribution in [1.82, 2.24) is 15.2 Å². The van der Waals surface area contributed by atoms with Crippen molar-refractivity contribution < 1.29 is 9.53 Å². The Labute approximate surface area is 199 Å². The molecule has 6 nitrogen and oxygen atoms in total. The second-order valence-electron chi connectivity index (χ2n) is 7.31. The van der Waals surface area contributed by atoms with Gasteiger partial charge in [0.25, 0.3) is 5.91 Å². The molecule has 0 aliphatic carbocycles. The van der Waals surface area contributed by atoms with Crippen molar-refractivity contribution in [1.29, 1.82) is 5.26 Å². The van der Waals surface area contributed by atoms with Crippen LogP contribution in [0.25, 0.3) is 6.08 Å². The first-order valence-corrected chi connectivity index (χ1v) is 11.8. The standard InChI is InChI=1S/C25H31BrN4O2/c1-4-8-23(19-11-13-22(14-12-19)32-16-15-30(5-2)6-3)29-25(31)20(18-27)17-21-9-7-10-24(26)28-21/h7,9-14,17,23H,4-6,8,15-16H2,1-3H3,(H,29,31). The average Bonchev–Trinajstić information content (AvgIpc) is 2.80. The Balaban J connectivity index is 2.05. The maximum atomic E-state index is 12.8. The fraction of sp³-hybridized carbons (Fsp3) is 0.400. The number of hydrogen-bond acceptors (Lipinski definition) is 5. The van der Waals surface area contributed by atoms with Crippen LogP contribution < -0.4 is 10.1 Å². The van der Waals surface area contributed by atoms with Crippen LogP contribution in [0.4, 0.5) is 0 Å². The van der Waals surface area contributed by atoms with Crippen LogP contribution in [0.2, 0.25) is 0 Å². The van der Waals surface area contributed by atoms with E-state index in [1.54, 1.807) is 18.2 Å². The highest BCUT2D eigenvalue weighted by molar-refractivity contribution is 9.10. The van der Waals surface area contributed by atoms with Gasteiger partial charge >= 0.3 is 0 Å². The molecule has 32 heavy (non-hydrogen) atoms. The number of rotatable bonds is 12. The first kappa shape index (κ1) is 25.6. The van der Waals surface area contributed by atoms with Crippen LogP contribution in [0.1, 0.15) is 50.9 Å². The monoisotopic (exact) mass is 498 g/mol.